The molecule has 0 radical (unpaired) electrons. The number of rotatable bonds is 6. The number of fused-ring (bicyclic) bond motifs is 1. The number of amides is 1. The second kappa shape index (κ2) is 7.66. The molecular weight excluding hydrogens is 360 g/mol. The molecule has 2 aromatic heterocycles. The molecule has 0 saturated carbocycles. The molecule has 1 aromatic carbocycles. The Hall–Kier alpha value is -2.39. The van der Waals surface area contributed by atoms with Gasteiger partial charge in [0.15, 0.2) is 10.3 Å². The summed E-state index contributed by atoms with van der Waals surface area (Å²) in [5.41, 5.74) is 2.34. The zero-order valence-electron chi connectivity index (χ0n) is 13.7. The minimum absolute atomic E-state index is 0.188. The molecule has 0 unspecified atom stereocenters. The van der Waals surface area contributed by atoms with Gasteiger partial charge in [0.1, 0.15) is 4.88 Å². The number of aromatic nitrogens is 3. The highest BCUT2D eigenvalue weighted by Gasteiger charge is 2.17. The standard InChI is InChI=1S/C16H16N4O3S2/c1-3-23-14(22)13-9(2)17-16(25-13)20-12(21)8-24-15-18-10-6-4-5-7-11(10)19-15/h4-7H,3,8H2,1-2H3,(H,18,19)(H,17,20,21). The van der Waals surface area contributed by atoms with Gasteiger partial charge in [-0.1, -0.05) is 35.2 Å². The van der Waals surface area contributed by atoms with Crippen LogP contribution in [0.4, 0.5) is 5.13 Å². The number of aryl methyl sites for hydroxylation is 1. The Morgan fingerprint density at radius 1 is 1.32 bits per heavy atom. The van der Waals surface area contributed by atoms with Crippen molar-refractivity contribution in [2.24, 2.45) is 0 Å². The summed E-state index contributed by atoms with van der Waals surface area (Å²) in [6.45, 7) is 3.75. The Morgan fingerprint density at radius 3 is 2.88 bits per heavy atom. The number of H-pyrrole nitrogens is 1. The van der Waals surface area contributed by atoms with Crippen molar-refractivity contribution in [3.63, 3.8) is 0 Å². The number of hydrogen-bond donors (Lipinski definition) is 2. The van der Waals surface area contributed by atoms with Crippen LogP contribution in [0.3, 0.4) is 0 Å². The Balaban J connectivity index is 1.59. The van der Waals surface area contributed by atoms with E-state index in [4.69, 9.17) is 4.74 Å². The molecule has 25 heavy (non-hydrogen) atoms. The van der Waals surface area contributed by atoms with Crippen LogP contribution in [0.1, 0.15) is 22.3 Å². The fourth-order valence-corrected chi connectivity index (χ4v) is 3.68. The lowest BCUT2D eigenvalue weighted by molar-refractivity contribution is -0.113. The third kappa shape index (κ3) is 4.18. The molecule has 3 aromatic rings. The number of imidazole rings is 1. The number of nitrogens with one attached hydrogen (secondary N) is 2. The average molecular weight is 376 g/mol. The van der Waals surface area contributed by atoms with E-state index in [1.807, 2.05) is 24.3 Å². The Kier molecular flexibility index (Phi) is 5.34. The minimum Gasteiger partial charge on any atom is -0.462 e. The molecule has 0 spiro atoms. The van der Waals surface area contributed by atoms with E-state index < -0.39 is 5.97 Å². The van der Waals surface area contributed by atoms with Crippen molar-refractivity contribution in [1.29, 1.82) is 0 Å². The van der Waals surface area contributed by atoms with Gasteiger partial charge < -0.3 is 15.0 Å². The van der Waals surface area contributed by atoms with Crippen LogP contribution in [-0.4, -0.2) is 39.2 Å². The Morgan fingerprint density at radius 2 is 2.12 bits per heavy atom. The van der Waals surface area contributed by atoms with Gasteiger partial charge >= 0.3 is 5.97 Å². The predicted molar refractivity (Wildman–Crippen MR) is 98.3 cm³/mol. The summed E-state index contributed by atoms with van der Waals surface area (Å²) in [5.74, 6) is -0.447. The third-order valence-electron chi connectivity index (χ3n) is 3.21. The molecule has 9 heteroatoms. The van der Waals surface area contributed by atoms with Gasteiger partial charge in [-0.15, -0.1) is 0 Å². The summed E-state index contributed by atoms with van der Waals surface area (Å²) < 4.78 is 4.96. The number of thioether (sulfide) groups is 1. The van der Waals surface area contributed by atoms with Crippen LogP contribution in [0, 0.1) is 6.92 Å². The van der Waals surface area contributed by atoms with Crippen molar-refractivity contribution in [2.75, 3.05) is 17.7 Å². The average Bonchev–Trinajstić information content (AvgIpc) is 3.16. The highest BCUT2D eigenvalue weighted by atomic mass is 32.2. The molecule has 0 aliphatic carbocycles. The zero-order chi connectivity index (χ0) is 17.8. The normalized spacial score (nSPS) is 10.8. The molecule has 1 amide bonds. The van der Waals surface area contributed by atoms with Gasteiger partial charge in [0, 0.05) is 0 Å². The Labute approximate surface area is 152 Å². The predicted octanol–water partition coefficient (Wildman–Crippen LogP) is 3.24. The molecule has 0 aliphatic heterocycles. The molecule has 2 N–H and O–H groups in total. The van der Waals surface area contributed by atoms with Crippen molar-refractivity contribution < 1.29 is 14.3 Å². The molecule has 0 atom stereocenters. The van der Waals surface area contributed by atoms with Crippen LogP contribution in [0.5, 0.6) is 0 Å². The van der Waals surface area contributed by atoms with Gasteiger partial charge in [-0.05, 0) is 26.0 Å². The highest BCUT2D eigenvalue weighted by Crippen LogP contribution is 2.24. The van der Waals surface area contributed by atoms with Crippen LogP contribution in [-0.2, 0) is 9.53 Å². The number of esters is 1. The van der Waals surface area contributed by atoms with Crippen molar-refractivity contribution in [1.82, 2.24) is 15.0 Å². The van der Waals surface area contributed by atoms with E-state index in [0.717, 1.165) is 22.4 Å². The second-order valence-electron chi connectivity index (χ2n) is 5.05. The lowest BCUT2D eigenvalue weighted by Crippen LogP contribution is -2.13. The molecule has 0 aliphatic rings. The van der Waals surface area contributed by atoms with E-state index >= 15 is 0 Å². The summed E-state index contributed by atoms with van der Waals surface area (Å²) in [5, 5.41) is 3.77. The summed E-state index contributed by atoms with van der Waals surface area (Å²) in [7, 11) is 0. The van der Waals surface area contributed by atoms with Crippen molar-refractivity contribution in [2.45, 2.75) is 19.0 Å². The minimum atomic E-state index is -0.422. The summed E-state index contributed by atoms with van der Waals surface area (Å²) in [6, 6.07) is 7.68. The lowest BCUT2D eigenvalue weighted by atomic mass is 10.3. The van der Waals surface area contributed by atoms with E-state index in [0.29, 0.717) is 27.5 Å². The lowest BCUT2D eigenvalue weighted by Gasteiger charge is -1.99. The molecular formula is C16H16N4O3S2. The topological polar surface area (TPSA) is 97.0 Å². The van der Waals surface area contributed by atoms with Crippen LogP contribution < -0.4 is 5.32 Å². The van der Waals surface area contributed by atoms with Crippen molar-refractivity contribution in [3.8, 4) is 0 Å². The van der Waals surface area contributed by atoms with Crippen LogP contribution in [0.25, 0.3) is 11.0 Å². The largest absolute Gasteiger partial charge is 0.462 e. The number of carbonyl (C=O) groups is 2. The molecule has 0 fully saturated rings. The Bertz CT molecular complexity index is 886. The van der Waals surface area contributed by atoms with Gasteiger partial charge in [0.2, 0.25) is 5.91 Å². The number of nitrogens with zero attached hydrogens (tertiary/aromatic N) is 2. The fourth-order valence-electron chi connectivity index (χ4n) is 2.12. The van der Waals surface area contributed by atoms with Crippen molar-refractivity contribution in [3.05, 3.63) is 34.8 Å². The van der Waals surface area contributed by atoms with Gasteiger partial charge in [-0.3, -0.25) is 4.79 Å². The van der Waals surface area contributed by atoms with Gasteiger partial charge in [-0.2, -0.15) is 0 Å². The first-order valence-corrected chi connectivity index (χ1v) is 9.39. The second-order valence-corrected chi connectivity index (χ2v) is 7.01. The van der Waals surface area contributed by atoms with E-state index in [9.17, 15) is 9.59 Å². The molecule has 0 saturated heterocycles. The smallest absolute Gasteiger partial charge is 0.350 e. The fraction of sp³-hybridized carbons (Fsp3) is 0.250. The molecule has 2 heterocycles. The number of para-hydroxylation sites is 2. The molecule has 0 bridgehead atoms. The third-order valence-corrected chi connectivity index (χ3v) is 5.14. The van der Waals surface area contributed by atoms with Gasteiger partial charge in [-0.25, -0.2) is 14.8 Å². The number of anilines is 1. The number of hydrogen-bond acceptors (Lipinski definition) is 7. The number of aromatic amines is 1. The maximum absolute atomic E-state index is 12.1. The van der Waals surface area contributed by atoms with Crippen molar-refractivity contribution >= 4 is 51.1 Å². The number of thiazole rings is 1. The van der Waals surface area contributed by atoms with E-state index in [1.165, 1.54) is 11.8 Å². The summed E-state index contributed by atoms with van der Waals surface area (Å²) in [4.78, 5) is 36.0. The molecule has 3 rings (SSSR count). The van der Waals surface area contributed by atoms with Crippen LogP contribution in [0.15, 0.2) is 29.4 Å². The van der Waals surface area contributed by atoms with E-state index in [1.54, 1.807) is 13.8 Å². The first kappa shape index (κ1) is 17.4. The summed E-state index contributed by atoms with van der Waals surface area (Å²) in [6.07, 6.45) is 0. The summed E-state index contributed by atoms with van der Waals surface area (Å²) >= 11 is 2.42. The maximum Gasteiger partial charge on any atom is 0.350 e. The van der Waals surface area contributed by atoms with E-state index in [2.05, 4.69) is 20.3 Å². The van der Waals surface area contributed by atoms with E-state index in [-0.39, 0.29) is 11.7 Å². The number of benzene rings is 1. The highest BCUT2D eigenvalue weighted by molar-refractivity contribution is 7.99. The SMILES string of the molecule is CCOC(=O)c1sc(NC(=O)CSc2nc3ccccc3[nH]2)nc1C. The first-order chi connectivity index (χ1) is 12.1. The van der Waals surface area contributed by atoms with Gasteiger partial charge in [0.25, 0.3) is 0 Å². The van der Waals surface area contributed by atoms with Crippen LogP contribution in [0.2, 0.25) is 0 Å². The zero-order valence-corrected chi connectivity index (χ0v) is 15.3. The number of ether oxygens (including phenoxy) is 1. The monoisotopic (exact) mass is 376 g/mol. The van der Waals surface area contributed by atoms with Gasteiger partial charge in [0.05, 0.1) is 29.1 Å². The maximum atomic E-state index is 12.1. The first-order valence-electron chi connectivity index (χ1n) is 7.58. The molecule has 7 nitrogen and oxygen atoms in total. The number of carbonyl (C=O) groups excluding carboxylic acids is 2. The van der Waals surface area contributed by atoms with Crippen LogP contribution >= 0.6 is 23.1 Å². The quantitative estimate of drug-likeness (QED) is 0.506. The molecule has 130 valence electrons.